The van der Waals surface area contributed by atoms with E-state index in [1.54, 1.807) is 11.8 Å². The fraction of sp³-hybridized carbons (Fsp3) is 0.562. The molecule has 3 nitrogen and oxygen atoms in total. The number of thioether (sulfide) groups is 1. The molecule has 0 spiro atoms. The fourth-order valence-electron chi connectivity index (χ4n) is 2.90. The Morgan fingerprint density at radius 2 is 1.95 bits per heavy atom. The molecule has 0 radical (unpaired) electrons. The second-order valence-corrected chi connectivity index (χ2v) is 8.14. The molecule has 1 heterocycles. The van der Waals surface area contributed by atoms with E-state index in [4.69, 9.17) is 11.6 Å². The monoisotopic (exact) mass is 326 g/mol. The summed E-state index contributed by atoms with van der Waals surface area (Å²) >= 11 is 7.65. The van der Waals surface area contributed by atoms with Gasteiger partial charge in [0.2, 0.25) is 5.91 Å². The highest BCUT2D eigenvalue weighted by Crippen LogP contribution is 2.40. The zero-order valence-electron chi connectivity index (χ0n) is 13.1. The summed E-state index contributed by atoms with van der Waals surface area (Å²) in [5.41, 5.74) is 1.21. The third kappa shape index (κ3) is 4.38. The highest BCUT2D eigenvalue weighted by Gasteiger charge is 2.36. The summed E-state index contributed by atoms with van der Waals surface area (Å²) < 4.78 is 0. The lowest BCUT2D eigenvalue weighted by Gasteiger charge is -2.35. The molecule has 116 valence electrons. The lowest BCUT2D eigenvalue weighted by molar-refractivity contribution is -0.129. The molecule has 1 saturated heterocycles. The molecule has 0 aliphatic carbocycles. The normalized spacial score (nSPS) is 19.6. The van der Waals surface area contributed by atoms with E-state index in [0.717, 1.165) is 23.7 Å². The molecule has 1 fully saturated rings. The molecule has 0 bridgehead atoms. The highest BCUT2D eigenvalue weighted by atomic mass is 35.5. The van der Waals surface area contributed by atoms with E-state index < -0.39 is 0 Å². The summed E-state index contributed by atoms with van der Waals surface area (Å²) in [7, 11) is 4.14. The summed E-state index contributed by atoms with van der Waals surface area (Å²) in [6, 6.07) is 7.82. The second-order valence-electron chi connectivity index (χ2n) is 6.64. The van der Waals surface area contributed by atoms with Gasteiger partial charge < -0.3 is 9.80 Å². The van der Waals surface area contributed by atoms with Crippen LogP contribution in [0.25, 0.3) is 0 Å². The first-order chi connectivity index (χ1) is 9.78. The number of carbonyl (C=O) groups is 1. The molecule has 0 N–H and O–H groups in total. The predicted molar refractivity (Wildman–Crippen MR) is 90.7 cm³/mol. The zero-order valence-corrected chi connectivity index (χ0v) is 14.7. The average molecular weight is 327 g/mol. The number of rotatable bonds is 5. The van der Waals surface area contributed by atoms with Gasteiger partial charge in [0.25, 0.3) is 0 Å². The van der Waals surface area contributed by atoms with Gasteiger partial charge in [-0.25, -0.2) is 0 Å². The van der Waals surface area contributed by atoms with Gasteiger partial charge in [-0.15, -0.1) is 11.8 Å². The van der Waals surface area contributed by atoms with Crippen molar-refractivity contribution in [1.29, 1.82) is 0 Å². The third-order valence-corrected chi connectivity index (χ3v) is 4.97. The first-order valence-corrected chi connectivity index (χ1v) is 8.52. The summed E-state index contributed by atoms with van der Waals surface area (Å²) in [4.78, 5) is 16.4. The maximum atomic E-state index is 12.3. The van der Waals surface area contributed by atoms with Crippen LogP contribution in [-0.2, 0) is 4.79 Å². The van der Waals surface area contributed by atoms with Crippen molar-refractivity contribution in [3.8, 4) is 0 Å². The van der Waals surface area contributed by atoms with Gasteiger partial charge in [-0.3, -0.25) is 4.79 Å². The van der Waals surface area contributed by atoms with Crippen molar-refractivity contribution in [1.82, 2.24) is 9.80 Å². The topological polar surface area (TPSA) is 23.6 Å². The van der Waals surface area contributed by atoms with Gasteiger partial charge in [0.15, 0.2) is 0 Å². The number of halogens is 1. The SMILES string of the molecule is CN(C)CC(C)(C)CN1C(=O)CSC1c1ccc(Cl)cc1. The van der Waals surface area contributed by atoms with Crippen LogP contribution < -0.4 is 0 Å². The Balaban J connectivity index is 2.15. The maximum Gasteiger partial charge on any atom is 0.233 e. The molecule has 1 aliphatic heterocycles. The van der Waals surface area contributed by atoms with Crippen LogP contribution in [0.5, 0.6) is 0 Å². The van der Waals surface area contributed by atoms with E-state index in [-0.39, 0.29) is 16.7 Å². The van der Waals surface area contributed by atoms with E-state index in [9.17, 15) is 4.79 Å². The lowest BCUT2D eigenvalue weighted by Crippen LogP contribution is -2.41. The quantitative estimate of drug-likeness (QED) is 0.827. The Morgan fingerprint density at radius 1 is 1.33 bits per heavy atom. The molecule has 0 saturated carbocycles. The van der Waals surface area contributed by atoms with Crippen molar-refractivity contribution in [3.63, 3.8) is 0 Å². The van der Waals surface area contributed by atoms with Crippen molar-refractivity contribution in [3.05, 3.63) is 34.9 Å². The van der Waals surface area contributed by atoms with Crippen molar-refractivity contribution in [2.24, 2.45) is 5.41 Å². The second kappa shape index (κ2) is 6.59. The molecule has 1 amide bonds. The van der Waals surface area contributed by atoms with Crippen molar-refractivity contribution >= 4 is 29.3 Å². The van der Waals surface area contributed by atoms with Gasteiger partial charge >= 0.3 is 0 Å². The van der Waals surface area contributed by atoms with Gasteiger partial charge in [0.05, 0.1) is 5.75 Å². The van der Waals surface area contributed by atoms with Crippen LogP contribution in [0, 0.1) is 5.41 Å². The molecule has 1 aromatic carbocycles. The van der Waals surface area contributed by atoms with Crippen LogP contribution in [0.1, 0.15) is 24.8 Å². The Labute approximate surface area is 136 Å². The first kappa shape index (κ1) is 16.7. The number of hydrogen-bond donors (Lipinski definition) is 0. The third-order valence-electron chi connectivity index (χ3n) is 3.47. The molecule has 5 heteroatoms. The Hall–Kier alpha value is -0.710. The van der Waals surface area contributed by atoms with E-state index in [2.05, 4.69) is 32.8 Å². The number of benzene rings is 1. The molecular weight excluding hydrogens is 304 g/mol. The van der Waals surface area contributed by atoms with Crippen molar-refractivity contribution in [2.45, 2.75) is 19.2 Å². The Morgan fingerprint density at radius 3 is 2.52 bits per heavy atom. The fourth-order valence-corrected chi connectivity index (χ4v) is 4.21. The molecule has 21 heavy (non-hydrogen) atoms. The number of carbonyl (C=O) groups excluding carboxylic acids is 1. The number of nitrogens with zero attached hydrogens (tertiary/aromatic N) is 2. The van der Waals surface area contributed by atoms with Gasteiger partial charge in [-0.2, -0.15) is 0 Å². The van der Waals surface area contributed by atoms with E-state index in [1.807, 2.05) is 29.2 Å². The van der Waals surface area contributed by atoms with Gasteiger partial charge in [0, 0.05) is 18.1 Å². The minimum atomic E-state index is 0.0642. The zero-order chi connectivity index (χ0) is 15.6. The molecule has 1 atom stereocenters. The van der Waals surface area contributed by atoms with Crippen molar-refractivity contribution in [2.75, 3.05) is 32.9 Å². The van der Waals surface area contributed by atoms with Crippen LogP contribution in [0.4, 0.5) is 0 Å². The minimum absolute atomic E-state index is 0.0642. The average Bonchev–Trinajstić information content (AvgIpc) is 2.70. The minimum Gasteiger partial charge on any atom is -0.325 e. The number of hydrogen-bond acceptors (Lipinski definition) is 3. The van der Waals surface area contributed by atoms with E-state index in [1.165, 1.54) is 0 Å². The molecule has 2 rings (SSSR count). The van der Waals surface area contributed by atoms with Crippen LogP contribution in [0.2, 0.25) is 5.02 Å². The number of amides is 1. The predicted octanol–water partition coefficient (Wildman–Crippen LogP) is 3.50. The van der Waals surface area contributed by atoms with E-state index >= 15 is 0 Å². The van der Waals surface area contributed by atoms with Crippen LogP contribution in [-0.4, -0.2) is 48.6 Å². The molecule has 1 unspecified atom stereocenters. The highest BCUT2D eigenvalue weighted by molar-refractivity contribution is 8.00. The Bertz CT molecular complexity index is 502. The van der Waals surface area contributed by atoms with E-state index in [0.29, 0.717) is 5.75 Å². The Kier molecular flexibility index (Phi) is 5.23. The standard InChI is InChI=1S/C16H23ClN2OS/c1-16(2,10-18(3)4)11-19-14(20)9-21-15(19)12-5-7-13(17)8-6-12/h5-8,15H,9-11H2,1-4H3. The van der Waals surface area contributed by atoms with Gasteiger partial charge in [-0.05, 0) is 37.2 Å². The first-order valence-electron chi connectivity index (χ1n) is 7.10. The maximum absolute atomic E-state index is 12.3. The molecule has 1 aliphatic rings. The summed E-state index contributed by atoms with van der Waals surface area (Å²) in [6.45, 7) is 6.14. The molecular formula is C16H23ClN2OS. The largest absolute Gasteiger partial charge is 0.325 e. The van der Waals surface area contributed by atoms with Crippen LogP contribution >= 0.6 is 23.4 Å². The summed E-state index contributed by atoms with van der Waals surface area (Å²) in [6.07, 6.45) is 0. The van der Waals surface area contributed by atoms with Crippen LogP contribution in [0.15, 0.2) is 24.3 Å². The van der Waals surface area contributed by atoms with Crippen LogP contribution in [0.3, 0.4) is 0 Å². The summed E-state index contributed by atoms with van der Waals surface area (Å²) in [5.74, 6) is 0.789. The van der Waals surface area contributed by atoms with Gasteiger partial charge in [0.1, 0.15) is 5.37 Å². The van der Waals surface area contributed by atoms with Gasteiger partial charge in [-0.1, -0.05) is 37.6 Å². The smallest absolute Gasteiger partial charge is 0.233 e. The summed E-state index contributed by atoms with van der Waals surface area (Å²) in [5, 5.41) is 0.837. The molecule has 1 aromatic rings. The molecule has 0 aromatic heterocycles. The van der Waals surface area contributed by atoms with Crippen molar-refractivity contribution < 1.29 is 4.79 Å². The lowest BCUT2D eigenvalue weighted by atomic mass is 9.92.